The van der Waals surface area contributed by atoms with E-state index in [2.05, 4.69) is 20.8 Å². The van der Waals surface area contributed by atoms with Crippen molar-refractivity contribution in [1.29, 1.82) is 0 Å². The van der Waals surface area contributed by atoms with Crippen molar-refractivity contribution in [2.75, 3.05) is 11.9 Å². The highest BCUT2D eigenvalue weighted by atomic mass is 16.2. The molecule has 0 fully saturated rings. The van der Waals surface area contributed by atoms with Gasteiger partial charge in [0.2, 0.25) is 0 Å². The van der Waals surface area contributed by atoms with Crippen LogP contribution in [0.2, 0.25) is 0 Å². The molecule has 0 saturated carbocycles. The lowest BCUT2D eigenvalue weighted by molar-refractivity contribution is 0.0953. The van der Waals surface area contributed by atoms with E-state index in [1.807, 2.05) is 19.1 Å². The Kier molecular flexibility index (Phi) is 4.56. The summed E-state index contributed by atoms with van der Waals surface area (Å²) < 4.78 is 0. The number of nitrogens with zero attached hydrogens (tertiary/aromatic N) is 1. The van der Waals surface area contributed by atoms with Crippen molar-refractivity contribution in [2.24, 2.45) is 0 Å². The molecule has 0 aliphatic carbocycles. The molecule has 0 spiro atoms. The van der Waals surface area contributed by atoms with Crippen LogP contribution in [0.4, 0.5) is 5.69 Å². The summed E-state index contributed by atoms with van der Waals surface area (Å²) in [6, 6.07) is 12.2. The third-order valence-electron chi connectivity index (χ3n) is 3.65. The quantitative estimate of drug-likeness (QED) is 0.675. The van der Waals surface area contributed by atoms with Crippen molar-refractivity contribution in [3.8, 4) is 0 Å². The lowest BCUT2D eigenvalue weighted by Gasteiger charge is -2.08. The fourth-order valence-electron chi connectivity index (χ4n) is 2.41. The molecule has 6 nitrogen and oxygen atoms in total. The van der Waals surface area contributed by atoms with Crippen LogP contribution < -0.4 is 10.6 Å². The number of rotatable bonds is 5. The van der Waals surface area contributed by atoms with E-state index in [-0.39, 0.29) is 11.8 Å². The summed E-state index contributed by atoms with van der Waals surface area (Å²) in [5, 5.41) is 13.4. The molecule has 6 heteroatoms. The fourth-order valence-corrected chi connectivity index (χ4v) is 2.41. The van der Waals surface area contributed by atoms with Gasteiger partial charge in [-0.1, -0.05) is 25.1 Å². The molecule has 0 bridgehead atoms. The van der Waals surface area contributed by atoms with Gasteiger partial charge in [0.25, 0.3) is 11.8 Å². The maximum absolute atomic E-state index is 12.5. The highest BCUT2D eigenvalue weighted by molar-refractivity contribution is 6.09. The number of fused-ring (bicyclic) bond motifs is 1. The minimum absolute atomic E-state index is 0.179. The minimum atomic E-state index is -0.276. The van der Waals surface area contributed by atoms with Gasteiger partial charge in [0.15, 0.2) is 0 Å². The number of aromatic nitrogens is 2. The van der Waals surface area contributed by atoms with Gasteiger partial charge >= 0.3 is 0 Å². The summed E-state index contributed by atoms with van der Waals surface area (Å²) in [6.45, 7) is 2.59. The molecule has 122 valence electrons. The zero-order valence-corrected chi connectivity index (χ0v) is 13.3. The number of anilines is 1. The maximum Gasteiger partial charge on any atom is 0.255 e. The molecule has 0 aliphatic rings. The van der Waals surface area contributed by atoms with Gasteiger partial charge in [-0.2, -0.15) is 5.10 Å². The molecule has 0 aliphatic heterocycles. The van der Waals surface area contributed by atoms with Crippen LogP contribution in [0.5, 0.6) is 0 Å². The molecule has 24 heavy (non-hydrogen) atoms. The van der Waals surface area contributed by atoms with Crippen molar-refractivity contribution in [1.82, 2.24) is 15.5 Å². The molecular formula is C18H18N4O2. The Hall–Kier alpha value is -3.15. The Morgan fingerprint density at radius 1 is 1.08 bits per heavy atom. The van der Waals surface area contributed by atoms with Gasteiger partial charge in [0.05, 0.1) is 17.4 Å². The van der Waals surface area contributed by atoms with Gasteiger partial charge in [0.1, 0.15) is 0 Å². The number of carbonyl (C=O) groups excluding carboxylic acids is 2. The summed E-state index contributed by atoms with van der Waals surface area (Å²) in [6.07, 6.45) is 2.56. The SMILES string of the molecule is CCCNC(=O)c1cccc(C(=O)Nc2cccc3cn[nH]c23)c1. The minimum Gasteiger partial charge on any atom is -0.352 e. The first-order valence-corrected chi connectivity index (χ1v) is 7.80. The summed E-state index contributed by atoms with van der Waals surface area (Å²) in [5.74, 6) is -0.454. The van der Waals surface area contributed by atoms with Gasteiger partial charge in [-0.3, -0.25) is 14.7 Å². The first-order chi connectivity index (χ1) is 11.7. The molecule has 3 rings (SSSR count). The van der Waals surface area contributed by atoms with Crippen LogP contribution in [0.15, 0.2) is 48.7 Å². The van der Waals surface area contributed by atoms with Gasteiger partial charge in [-0.25, -0.2) is 0 Å². The third-order valence-corrected chi connectivity index (χ3v) is 3.65. The molecule has 2 aromatic carbocycles. The summed E-state index contributed by atoms with van der Waals surface area (Å²) in [7, 11) is 0. The number of benzene rings is 2. The van der Waals surface area contributed by atoms with E-state index in [1.165, 1.54) is 0 Å². The van der Waals surface area contributed by atoms with Crippen LogP contribution in [0.1, 0.15) is 34.1 Å². The Morgan fingerprint density at radius 3 is 2.62 bits per heavy atom. The number of H-pyrrole nitrogens is 1. The van der Waals surface area contributed by atoms with Gasteiger partial charge in [0, 0.05) is 23.1 Å². The lowest BCUT2D eigenvalue weighted by atomic mass is 10.1. The van der Waals surface area contributed by atoms with Crippen LogP contribution in [0.25, 0.3) is 10.9 Å². The topological polar surface area (TPSA) is 86.9 Å². The van der Waals surface area contributed by atoms with E-state index in [0.717, 1.165) is 17.3 Å². The van der Waals surface area contributed by atoms with Crippen LogP contribution in [0, 0.1) is 0 Å². The van der Waals surface area contributed by atoms with Crippen LogP contribution in [-0.2, 0) is 0 Å². The summed E-state index contributed by atoms with van der Waals surface area (Å²) in [4.78, 5) is 24.5. The van der Waals surface area contributed by atoms with Crippen molar-refractivity contribution in [3.05, 3.63) is 59.8 Å². The van der Waals surface area contributed by atoms with E-state index in [1.54, 1.807) is 36.5 Å². The fraction of sp³-hybridized carbons (Fsp3) is 0.167. The van der Waals surface area contributed by atoms with Crippen LogP contribution in [0.3, 0.4) is 0 Å². The normalized spacial score (nSPS) is 10.5. The van der Waals surface area contributed by atoms with E-state index in [4.69, 9.17) is 0 Å². The average molecular weight is 322 g/mol. The molecule has 1 heterocycles. The smallest absolute Gasteiger partial charge is 0.255 e. The molecule has 0 radical (unpaired) electrons. The van der Waals surface area contributed by atoms with Crippen molar-refractivity contribution < 1.29 is 9.59 Å². The number of hydrogen-bond donors (Lipinski definition) is 3. The van der Waals surface area contributed by atoms with Crippen molar-refractivity contribution in [2.45, 2.75) is 13.3 Å². The molecule has 3 N–H and O–H groups in total. The maximum atomic E-state index is 12.5. The second-order valence-corrected chi connectivity index (χ2v) is 5.43. The summed E-state index contributed by atoms with van der Waals surface area (Å²) >= 11 is 0. The zero-order valence-electron chi connectivity index (χ0n) is 13.3. The van der Waals surface area contributed by atoms with E-state index in [0.29, 0.717) is 23.4 Å². The number of aromatic amines is 1. The van der Waals surface area contributed by atoms with E-state index >= 15 is 0 Å². The largest absolute Gasteiger partial charge is 0.352 e. The Bertz CT molecular complexity index is 885. The van der Waals surface area contributed by atoms with Gasteiger partial charge in [-0.05, 0) is 30.7 Å². The number of nitrogens with one attached hydrogen (secondary N) is 3. The van der Waals surface area contributed by atoms with Gasteiger partial charge in [-0.15, -0.1) is 0 Å². The summed E-state index contributed by atoms with van der Waals surface area (Å²) in [5.41, 5.74) is 2.31. The predicted molar refractivity (Wildman–Crippen MR) is 93.1 cm³/mol. The molecule has 0 saturated heterocycles. The molecule has 3 aromatic rings. The number of carbonyl (C=O) groups is 2. The highest BCUT2D eigenvalue weighted by Gasteiger charge is 2.12. The van der Waals surface area contributed by atoms with Gasteiger partial charge < -0.3 is 10.6 Å². The average Bonchev–Trinajstić information content (AvgIpc) is 3.09. The third kappa shape index (κ3) is 3.27. The van der Waals surface area contributed by atoms with Crippen LogP contribution in [-0.4, -0.2) is 28.6 Å². The first kappa shape index (κ1) is 15.7. The Labute approximate surface area is 139 Å². The standard InChI is InChI=1S/C18H18N4O2/c1-2-9-19-17(23)12-5-3-6-13(10-12)18(24)21-15-8-4-7-14-11-20-22-16(14)15/h3-8,10-11H,2,9H2,1H3,(H,19,23)(H,20,22)(H,21,24). The molecule has 1 aromatic heterocycles. The zero-order chi connectivity index (χ0) is 16.9. The highest BCUT2D eigenvalue weighted by Crippen LogP contribution is 2.21. The van der Waals surface area contributed by atoms with Crippen molar-refractivity contribution in [3.63, 3.8) is 0 Å². The number of amides is 2. The van der Waals surface area contributed by atoms with E-state index in [9.17, 15) is 9.59 Å². The number of hydrogen-bond acceptors (Lipinski definition) is 3. The second-order valence-electron chi connectivity index (χ2n) is 5.43. The molecule has 2 amide bonds. The van der Waals surface area contributed by atoms with Crippen molar-refractivity contribution >= 4 is 28.4 Å². The molecular weight excluding hydrogens is 304 g/mol. The lowest BCUT2D eigenvalue weighted by Crippen LogP contribution is -2.24. The number of para-hydroxylation sites is 1. The molecule has 0 unspecified atom stereocenters. The second kappa shape index (κ2) is 6.95. The van der Waals surface area contributed by atoms with Crippen LogP contribution >= 0.6 is 0 Å². The monoisotopic (exact) mass is 322 g/mol. The Morgan fingerprint density at radius 2 is 1.83 bits per heavy atom. The Balaban J connectivity index is 1.80. The predicted octanol–water partition coefficient (Wildman–Crippen LogP) is 2.96. The first-order valence-electron chi connectivity index (χ1n) is 7.80. The van der Waals surface area contributed by atoms with E-state index < -0.39 is 0 Å². The molecule has 0 atom stereocenters.